The maximum atomic E-state index is 12.7. The average molecular weight is 332 g/mol. The summed E-state index contributed by atoms with van der Waals surface area (Å²) in [7, 11) is 1.78. The Labute approximate surface area is 141 Å². The van der Waals surface area contributed by atoms with Crippen molar-refractivity contribution in [2.45, 2.75) is 45.3 Å². The highest BCUT2D eigenvalue weighted by Gasteiger charge is 2.33. The Morgan fingerprint density at radius 1 is 1.54 bits per heavy atom. The van der Waals surface area contributed by atoms with Gasteiger partial charge in [-0.2, -0.15) is 10.2 Å². The first-order chi connectivity index (χ1) is 11.5. The molecule has 1 N–H and O–H groups in total. The number of ether oxygens (including phenoxy) is 1. The van der Waals surface area contributed by atoms with Crippen LogP contribution in [-0.2, 0) is 4.74 Å². The fourth-order valence-corrected chi connectivity index (χ4v) is 3.20. The largest absolute Gasteiger partial charge is 0.376 e. The number of aromatic amines is 1. The van der Waals surface area contributed by atoms with Crippen LogP contribution in [0, 0.1) is 6.92 Å². The second kappa shape index (κ2) is 6.72. The first-order valence-corrected chi connectivity index (χ1v) is 8.26. The molecule has 2 aromatic heterocycles. The lowest BCUT2D eigenvalue weighted by molar-refractivity contribution is 0.0545. The van der Waals surface area contributed by atoms with Gasteiger partial charge in [0.05, 0.1) is 6.10 Å². The van der Waals surface area contributed by atoms with Crippen LogP contribution in [0.3, 0.4) is 0 Å². The summed E-state index contributed by atoms with van der Waals surface area (Å²) in [4.78, 5) is 18.6. The van der Waals surface area contributed by atoms with Crippen LogP contribution in [0.2, 0.25) is 0 Å². The Hall–Kier alpha value is -2.22. The third-order valence-electron chi connectivity index (χ3n) is 4.43. The maximum Gasteiger partial charge on any atom is 0.274 e. The van der Waals surface area contributed by atoms with E-state index in [0.717, 1.165) is 17.9 Å². The normalized spacial score (nSPS) is 20.7. The molecular weight excluding hydrogens is 308 g/mol. The van der Waals surface area contributed by atoms with Gasteiger partial charge in [-0.3, -0.25) is 14.6 Å². The number of hydrogen-bond donors (Lipinski definition) is 1. The van der Waals surface area contributed by atoms with Crippen molar-refractivity contribution < 1.29 is 9.53 Å². The lowest BCUT2D eigenvalue weighted by Gasteiger charge is -2.23. The lowest BCUT2D eigenvalue weighted by Crippen LogP contribution is -2.36. The summed E-state index contributed by atoms with van der Waals surface area (Å²) in [5.41, 5.74) is 1.45. The van der Waals surface area contributed by atoms with E-state index in [-0.39, 0.29) is 24.0 Å². The summed E-state index contributed by atoms with van der Waals surface area (Å²) in [5.74, 6) is 0.861. The maximum absolute atomic E-state index is 12.7. The van der Waals surface area contributed by atoms with Crippen molar-refractivity contribution >= 4 is 5.91 Å². The fraction of sp³-hybridized carbons (Fsp3) is 0.625. The minimum absolute atomic E-state index is 0.0832. The Morgan fingerprint density at radius 3 is 2.96 bits per heavy atom. The number of likely N-dealkylation sites (N-methyl/N-ethyl adjacent to an activating group) is 1. The first-order valence-electron chi connectivity index (χ1n) is 8.26. The monoisotopic (exact) mass is 332 g/mol. The summed E-state index contributed by atoms with van der Waals surface area (Å²) in [6.07, 6.45) is 2.30. The topological polar surface area (TPSA) is 88.9 Å². The van der Waals surface area contributed by atoms with Crippen LogP contribution in [0.1, 0.15) is 54.2 Å². The van der Waals surface area contributed by atoms with Crippen LogP contribution in [0.15, 0.2) is 12.4 Å². The number of aromatic nitrogens is 5. The van der Waals surface area contributed by atoms with Crippen molar-refractivity contribution in [3.8, 4) is 0 Å². The van der Waals surface area contributed by atoms with Crippen molar-refractivity contribution in [2.75, 3.05) is 20.2 Å². The zero-order chi connectivity index (χ0) is 17.3. The van der Waals surface area contributed by atoms with E-state index in [1.54, 1.807) is 11.9 Å². The number of carbonyl (C=O) groups excluding carboxylic acids is 1. The molecule has 0 aromatic carbocycles. The second-order valence-corrected chi connectivity index (χ2v) is 6.57. The minimum Gasteiger partial charge on any atom is -0.376 e. The highest BCUT2D eigenvalue weighted by molar-refractivity contribution is 5.92. The van der Waals surface area contributed by atoms with Crippen LogP contribution in [0.5, 0.6) is 0 Å². The molecule has 8 heteroatoms. The number of rotatable bonds is 5. The van der Waals surface area contributed by atoms with E-state index in [1.165, 1.54) is 6.33 Å². The number of nitrogens with one attached hydrogen (secondary N) is 1. The van der Waals surface area contributed by atoms with E-state index in [1.807, 2.05) is 31.5 Å². The number of carbonyl (C=O) groups is 1. The SMILES string of the molecule is Cc1cc(C(=O)N(C)C[C@H]2OCC[C@H]2c2ncn[nH]2)nn1C(C)C. The number of nitrogens with zero attached hydrogens (tertiary/aromatic N) is 5. The Bertz CT molecular complexity index is 693. The third kappa shape index (κ3) is 3.19. The molecule has 1 fully saturated rings. The third-order valence-corrected chi connectivity index (χ3v) is 4.43. The van der Waals surface area contributed by atoms with Gasteiger partial charge in [0.15, 0.2) is 5.69 Å². The summed E-state index contributed by atoms with van der Waals surface area (Å²) in [5, 5.41) is 11.2. The van der Waals surface area contributed by atoms with Gasteiger partial charge in [0.25, 0.3) is 5.91 Å². The molecule has 3 heterocycles. The van der Waals surface area contributed by atoms with E-state index in [2.05, 4.69) is 20.3 Å². The van der Waals surface area contributed by atoms with Crippen molar-refractivity contribution in [1.82, 2.24) is 29.9 Å². The van der Waals surface area contributed by atoms with Crippen LogP contribution in [-0.4, -0.2) is 62.1 Å². The van der Waals surface area contributed by atoms with E-state index in [4.69, 9.17) is 4.74 Å². The molecule has 1 aliphatic rings. The molecule has 1 amide bonds. The molecule has 24 heavy (non-hydrogen) atoms. The Balaban J connectivity index is 1.69. The van der Waals surface area contributed by atoms with Gasteiger partial charge in [-0.15, -0.1) is 0 Å². The minimum atomic E-state index is -0.0932. The van der Waals surface area contributed by atoms with Gasteiger partial charge in [-0.05, 0) is 33.3 Å². The smallest absolute Gasteiger partial charge is 0.274 e. The molecule has 130 valence electrons. The zero-order valence-corrected chi connectivity index (χ0v) is 14.6. The number of amides is 1. The predicted octanol–water partition coefficient (Wildman–Crippen LogP) is 1.54. The van der Waals surface area contributed by atoms with Gasteiger partial charge in [-0.1, -0.05) is 0 Å². The quantitative estimate of drug-likeness (QED) is 0.897. The van der Waals surface area contributed by atoms with Gasteiger partial charge < -0.3 is 9.64 Å². The van der Waals surface area contributed by atoms with E-state index < -0.39 is 0 Å². The summed E-state index contributed by atoms with van der Waals surface area (Å²) >= 11 is 0. The average Bonchev–Trinajstić information content (AvgIpc) is 3.25. The van der Waals surface area contributed by atoms with E-state index in [9.17, 15) is 4.79 Å². The van der Waals surface area contributed by atoms with Crippen molar-refractivity contribution in [1.29, 1.82) is 0 Å². The highest BCUT2D eigenvalue weighted by atomic mass is 16.5. The molecule has 8 nitrogen and oxygen atoms in total. The molecule has 2 atom stereocenters. The molecule has 1 saturated heterocycles. The molecule has 0 spiro atoms. The lowest BCUT2D eigenvalue weighted by atomic mass is 10.0. The summed E-state index contributed by atoms with van der Waals surface area (Å²) < 4.78 is 7.67. The highest BCUT2D eigenvalue weighted by Crippen LogP contribution is 2.29. The van der Waals surface area contributed by atoms with E-state index >= 15 is 0 Å². The number of H-pyrrole nitrogens is 1. The van der Waals surface area contributed by atoms with Crippen LogP contribution < -0.4 is 0 Å². The first kappa shape index (κ1) is 16.6. The van der Waals surface area contributed by atoms with Crippen LogP contribution in [0.4, 0.5) is 0 Å². The van der Waals surface area contributed by atoms with Gasteiger partial charge in [0, 0.05) is 37.9 Å². The Kier molecular flexibility index (Phi) is 4.66. The van der Waals surface area contributed by atoms with Gasteiger partial charge >= 0.3 is 0 Å². The molecule has 0 saturated carbocycles. The number of aryl methyl sites for hydroxylation is 1. The standard InChI is InChI=1S/C16H24N6O2/c1-10(2)22-11(3)7-13(20-22)16(23)21(4)8-14-12(5-6-24-14)15-17-9-18-19-15/h7,9-10,12,14H,5-6,8H2,1-4H3,(H,17,18,19)/t12-,14-/m1/s1. The van der Waals surface area contributed by atoms with Crippen molar-refractivity contribution in [3.05, 3.63) is 29.6 Å². The molecule has 3 rings (SSSR count). The summed E-state index contributed by atoms with van der Waals surface area (Å²) in [6, 6.07) is 2.06. The Morgan fingerprint density at radius 2 is 2.33 bits per heavy atom. The summed E-state index contributed by atoms with van der Waals surface area (Å²) in [6.45, 7) is 7.22. The van der Waals surface area contributed by atoms with Gasteiger partial charge in [-0.25, -0.2) is 4.98 Å². The molecular formula is C16H24N6O2. The van der Waals surface area contributed by atoms with E-state index in [0.29, 0.717) is 18.8 Å². The predicted molar refractivity (Wildman–Crippen MR) is 87.8 cm³/mol. The molecule has 2 aromatic rings. The van der Waals surface area contributed by atoms with Gasteiger partial charge in [0.1, 0.15) is 12.2 Å². The van der Waals surface area contributed by atoms with Crippen LogP contribution >= 0.6 is 0 Å². The van der Waals surface area contributed by atoms with Gasteiger partial charge in [0.2, 0.25) is 0 Å². The second-order valence-electron chi connectivity index (χ2n) is 6.57. The number of hydrogen-bond acceptors (Lipinski definition) is 5. The zero-order valence-electron chi connectivity index (χ0n) is 14.6. The molecule has 0 unspecified atom stereocenters. The molecule has 0 bridgehead atoms. The molecule has 1 aliphatic heterocycles. The molecule has 0 radical (unpaired) electrons. The van der Waals surface area contributed by atoms with Crippen LogP contribution in [0.25, 0.3) is 0 Å². The van der Waals surface area contributed by atoms with Crippen molar-refractivity contribution in [3.63, 3.8) is 0 Å². The fourth-order valence-electron chi connectivity index (χ4n) is 3.20. The van der Waals surface area contributed by atoms with Crippen molar-refractivity contribution in [2.24, 2.45) is 0 Å². The molecule has 0 aliphatic carbocycles.